The number of rotatable bonds is 7. The van der Waals surface area contributed by atoms with Crippen molar-refractivity contribution in [1.82, 2.24) is 0 Å². The molecule has 0 radical (unpaired) electrons. The number of aliphatic carboxylic acids is 1. The number of amides is 1. The molecule has 0 bridgehead atoms. The van der Waals surface area contributed by atoms with E-state index in [1.807, 2.05) is 6.92 Å². The second-order valence-corrected chi connectivity index (χ2v) is 3.80. The minimum atomic E-state index is -1.06. The van der Waals surface area contributed by atoms with Crippen LogP contribution in [-0.2, 0) is 14.3 Å². The number of benzene rings is 1. The first-order valence-corrected chi connectivity index (χ1v) is 5.90. The van der Waals surface area contributed by atoms with E-state index in [2.05, 4.69) is 5.32 Å². The summed E-state index contributed by atoms with van der Waals surface area (Å²) in [6.45, 7) is 3.50. The molecule has 6 nitrogen and oxygen atoms in total. The molecule has 0 spiro atoms. The van der Waals surface area contributed by atoms with Crippen molar-refractivity contribution in [2.45, 2.75) is 20.0 Å². The molecule has 1 aromatic carbocycles. The van der Waals surface area contributed by atoms with Gasteiger partial charge in [-0.3, -0.25) is 4.79 Å². The molecule has 0 aliphatic rings. The van der Waals surface area contributed by atoms with Gasteiger partial charge in [-0.25, -0.2) is 4.79 Å². The number of anilines is 1. The largest absolute Gasteiger partial charge is 0.482 e. The highest BCUT2D eigenvalue weighted by Crippen LogP contribution is 2.17. The molecular weight excluding hydrogens is 250 g/mol. The minimum absolute atomic E-state index is 0.266. The molecular formula is C13H17NO5. The normalized spacial score (nSPS) is 11.7. The second-order valence-electron chi connectivity index (χ2n) is 3.80. The lowest BCUT2D eigenvalue weighted by atomic mass is 10.3. The van der Waals surface area contributed by atoms with Gasteiger partial charge in [0.25, 0.3) is 5.91 Å². The van der Waals surface area contributed by atoms with Crippen LogP contribution >= 0.6 is 0 Å². The summed E-state index contributed by atoms with van der Waals surface area (Å²) in [7, 11) is 0. The van der Waals surface area contributed by atoms with Gasteiger partial charge in [-0.15, -0.1) is 0 Å². The highest BCUT2D eigenvalue weighted by atomic mass is 16.5. The first-order chi connectivity index (χ1) is 9.02. The standard InChI is InChI=1S/C13H17NO5/c1-3-18-9(2)13(17)14-10-5-4-6-11(7-10)19-8-12(15)16/h4-7,9H,3,8H2,1-2H3,(H,14,17)(H,15,16). The topological polar surface area (TPSA) is 84.9 Å². The molecule has 0 aromatic heterocycles. The van der Waals surface area contributed by atoms with Gasteiger partial charge in [0.15, 0.2) is 6.61 Å². The molecule has 19 heavy (non-hydrogen) atoms. The van der Waals surface area contributed by atoms with Gasteiger partial charge in [-0.1, -0.05) is 6.07 Å². The van der Waals surface area contributed by atoms with Crippen molar-refractivity contribution in [2.75, 3.05) is 18.5 Å². The van der Waals surface area contributed by atoms with Crippen LogP contribution in [0.1, 0.15) is 13.8 Å². The fraction of sp³-hybridized carbons (Fsp3) is 0.385. The maximum absolute atomic E-state index is 11.7. The van der Waals surface area contributed by atoms with Crippen molar-refractivity contribution in [3.63, 3.8) is 0 Å². The summed E-state index contributed by atoms with van der Waals surface area (Å²) in [5, 5.41) is 11.2. The van der Waals surface area contributed by atoms with Gasteiger partial charge in [-0.2, -0.15) is 0 Å². The van der Waals surface area contributed by atoms with E-state index in [0.29, 0.717) is 18.0 Å². The van der Waals surface area contributed by atoms with E-state index in [1.165, 1.54) is 0 Å². The summed E-state index contributed by atoms with van der Waals surface area (Å²) in [4.78, 5) is 22.1. The third-order valence-corrected chi connectivity index (χ3v) is 2.25. The molecule has 1 unspecified atom stereocenters. The van der Waals surface area contributed by atoms with Crippen molar-refractivity contribution in [3.05, 3.63) is 24.3 Å². The molecule has 6 heteroatoms. The Bertz CT molecular complexity index is 446. The van der Waals surface area contributed by atoms with Crippen LogP contribution in [-0.4, -0.2) is 36.3 Å². The van der Waals surface area contributed by atoms with Gasteiger partial charge in [0.05, 0.1) is 0 Å². The fourth-order valence-electron chi connectivity index (χ4n) is 1.38. The average molecular weight is 267 g/mol. The quantitative estimate of drug-likeness (QED) is 0.782. The lowest BCUT2D eigenvalue weighted by Crippen LogP contribution is -2.27. The molecule has 0 aliphatic heterocycles. The van der Waals surface area contributed by atoms with Crippen molar-refractivity contribution in [2.24, 2.45) is 0 Å². The summed E-state index contributed by atoms with van der Waals surface area (Å²) in [6.07, 6.45) is -0.548. The van der Waals surface area contributed by atoms with Crippen molar-refractivity contribution >= 4 is 17.6 Å². The lowest BCUT2D eigenvalue weighted by molar-refractivity contribution is -0.139. The van der Waals surface area contributed by atoms with Crippen LogP contribution < -0.4 is 10.1 Å². The molecule has 1 aromatic rings. The fourth-order valence-corrected chi connectivity index (χ4v) is 1.38. The Hall–Kier alpha value is -2.08. The predicted molar refractivity (Wildman–Crippen MR) is 69.3 cm³/mol. The monoisotopic (exact) mass is 267 g/mol. The first kappa shape index (κ1) is 15.0. The van der Waals surface area contributed by atoms with E-state index in [9.17, 15) is 9.59 Å². The number of carboxylic acid groups (broad SMARTS) is 1. The van der Waals surface area contributed by atoms with Crippen LogP contribution in [0.25, 0.3) is 0 Å². The Morgan fingerprint density at radius 1 is 1.42 bits per heavy atom. The number of hydrogen-bond donors (Lipinski definition) is 2. The third-order valence-electron chi connectivity index (χ3n) is 2.25. The molecule has 0 saturated carbocycles. The smallest absolute Gasteiger partial charge is 0.341 e. The zero-order chi connectivity index (χ0) is 14.3. The molecule has 1 amide bonds. The Morgan fingerprint density at radius 3 is 2.79 bits per heavy atom. The predicted octanol–water partition coefficient (Wildman–Crippen LogP) is 1.51. The van der Waals surface area contributed by atoms with E-state index in [4.69, 9.17) is 14.6 Å². The van der Waals surface area contributed by atoms with Crippen LogP contribution in [0.3, 0.4) is 0 Å². The van der Waals surface area contributed by atoms with E-state index < -0.39 is 18.7 Å². The number of nitrogens with one attached hydrogen (secondary N) is 1. The average Bonchev–Trinajstić information content (AvgIpc) is 2.37. The summed E-state index contributed by atoms with van der Waals surface area (Å²) >= 11 is 0. The van der Waals surface area contributed by atoms with Crippen molar-refractivity contribution in [1.29, 1.82) is 0 Å². The van der Waals surface area contributed by atoms with Crippen LogP contribution in [0.4, 0.5) is 5.69 Å². The van der Waals surface area contributed by atoms with E-state index in [1.54, 1.807) is 31.2 Å². The summed E-state index contributed by atoms with van der Waals surface area (Å²) in [6, 6.07) is 6.52. The maximum atomic E-state index is 11.7. The first-order valence-electron chi connectivity index (χ1n) is 5.90. The minimum Gasteiger partial charge on any atom is -0.482 e. The second kappa shape index (κ2) is 7.38. The van der Waals surface area contributed by atoms with E-state index >= 15 is 0 Å². The van der Waals surface area contributed by atoms with Crippen molar-refractivity contribution in [3.8, 4) is 5.75 Å². The highest BCUT2D eigenvalue weighted by Gasteiger charge is 2.12. The zero-order valence-corrected chi connectivity index (χ0v) is 10.9. The van der Waals surface area contributed by atoms with Crippen LogP contribution in [0.2, 0.25) is 0 Å². The Balaban J connectivity index is 2.61. The van der Waals surface area contributed by atoms with Crippen LogP contribution in [0.5, 0.6) is 5.75 Å². The Labute approximate surface area is 111 Å². The Morgan fingerprint density at radius 2 is 2.16 bits per heavy atom. The van der Waals surface area contributed by atoms with Crippen molar-refractivity contribution < 1.29 is 24.2 Å². The molecule has 0 heterocycles. The van der Waals surface area contributed by atoms with Gasteiger partial charge < -0.3 is 19.9 Å². The van der Waals surface area contributed by atoms with Gasteiger partial charge in [0.2, 0.25) is 0 Å². The molecule has 0 fully saturated rings. The molecule has 2 N–H and O–H groups in total. The number of carbonyl (C=O) groups is 2. The number of ether oxygens (including phenoxy) is 2. The summed E-state index contributed by atoms with van der Waals surface area (Å²) in [5.74, 6) is -0.944. The highest BCUT2D eigenvalue weighted by molar-refractivity contribution is 5.94. The maximum Gasteiger partial charge on any atom is 0.341 e. The third kappa shape index (κ3) is 5.39. The van der Waals surface area contributed by atoms with Gasteiger partial charge >= 0.3 is 5.97 Å². The van der Waals surface area contributed by atoms with E-state index in [-0.39, 0.29) is 5.91 Å². The van der Waals surface area contributed by atoms with E-state index in [0.717, 1.165) is 0 Å². The molecule has 0 saturated heterocycles. The molecule has 104 valence electrons. The zero-order valence-electron chi connectivity index (χ0n) is 10.9. The number of carbonyl (C=O) groups excluding carboxylic acids is 1. The molecule has 1 rings (SSSR count). The van der Waals surface area contributed by atoms with Gasteiger partial charge in [0.1, 0.15) is 11.9 Å². The number of carboxylic acids is 1. The van der Waals surface area contributed by atoms with Crippen LogP contribution in [0.15, 0.2) is 24.3 Å². The molecule has 1 atom stereocenters. The summed E-state index contributed by atoms with van der Waals surface area (Å²) < 4.78 is 10.2. The SMILES string of the molecule is CCOC(C)C(=O)Nc1cccc(OCC(=O)O)c1. The molecule has 0 aliphatic carbocycles. The lowest BCUT2D eigenvalue weighted by Gasteiger charge is -2.12. The number of hydrogen-bond acceptors (Lipinski definition) is 4. The van der Waals surface area contributed by atoms with Gasteiger partial charge in [0, 0.05) is 18.4 Å². The Kier molecular flexibility index (Phi) is 5.81. The van der Waals surface area contributed by atoms with Gasteiger partial charge in [-0.05, 0) is 26.0 Å². The van der Waals surface area contributed by atoms with Crippen LogP contribution in [0, 0.1) is 0 Å². The summed E-state index contributed by atoms with van der Waals surface area (Å²) in [5.41, 5.74) is 0.527.